The van der Waals surface area contributed by atoms with E-state index < -0.39 is 0 Å². The summed E-state index contributed by atoms with van der Waals surface area (Å²) in [5.41, 5.74) is 1.65. The van der Waals surface area contributed by atoms with Crippen molar-refractivity contribution < 1.29 is 9.59 Å². The van der Waals surface area contributed by atoms with Crippen LogP contribution < -0.4 is 0 Å². The molecule has 3 saturated carbocycles. The first-order valence-electron chi connectivity index (χ1n) is 8.83. The standard InChI is InChI=1S/C19H25IO2/c1-18-10-8-15(21)17(20)14(18)4-3-11-12-5-6-16(22)19(12,2)9-7-13(11)18/h11-13H,3-10H2,1-2H3/t11?,12?,13?,18-,19+/m1/s1. The van der Waals surface area contributed by atoms with E-state index in [4.69, 9.17) is 0 Å². The highest BCUT2D eigenvalue weighted by Gasteiger charge is 2.59. The quantitative estimate of drug-likeness (QED) is 0.533. The summed E-state index contributed by atoms with van der Waals surface area (Å²) in [5, 5.41) is 0. The summed E-state index contributed by atoms with van der Waals surface area (Å²) in [6, 6.07) is 0. The molecule has 2 nitrogen and oxygen atoms in total. The molecule has 0 aliphatic heterocycles. The van der Waals surface area contributed by atoms with Crippen LogP contribution in [0.3, 0.4) is 0 Å². The van der Waals surface area contributed by atoms with Gasteiger partial charge in [-0.15, -0.1) is 0 Å². The van der Waals surface area contributed by atoms with Gasteiger partial charge < -0.3 is 0 Å². The number of hydrogen-bond donors (Lipinski definition) is 0. The smallest absolute Gasteiger partial charge is 0.168 e. The Labute approximate surface area is 146 Å². The summed E-state index contributed by atoms with van der Waals surface area (Å²) >= 11 is 2.30. The van der Waals surface area contributed by atoms with Crippen LogP contribution in [0.15, 0.2) is 9.15 Å². The van der Waals surface area contributed by atoms with E-state index in [1.807, 2.05) is 0 Å². The van der Waals surface area contributed by atoms with Crippen molar-refractivity contribution in [1.29, 1.82) is 0 Å². The third-order valence-corrected chi connectivity index (χ3v) is 9.02. The maximum absolute atomic E-state index is 12.4. The average Bonchev–Trinajstić information content (AvgIpc) is 2.79. The monoisotopic (exact) mass is 412 g/mol. The largest absolute Gasteiger partial charge is 0.299 e. The number of allylic oxidation sites excluding steroid dienone is 1. The molecule has 4 rings (SSSR count). The Hall–Kier alpha value is -0.190. The van der Waals surface area contributed by atoms with Crippen LogP contribution in [-0.4, -0.2) is 11.6 Å². The Bertz CT molecular complexity index is 592. The van der Waals surface area contributed by atoms with E-state index in [2.05, 4.69) is 36.4 Å². The zero-order valence-electron chi connectivity index (χ0n) is 13.6. The minimum Gasteiger partial charge on any atom is -0.299 e. The number of rotatable bonds is 0. The number of carbonyl (C=O) groups excluding carboxylic acids is 2. The van der Waals surface area contributed by atoms with Gasteiger partial charge in [-0.05, 0) is 89.9 Å². The summed E-state index contributed by atoms with van der Waals surface area (Å²) in [5.74, 6) is 2.89. The van der Waals surface area contributed by atoms with Crippen molar-refractivity contribution in [2.45, 2.75) is 65.2 Å². The molecule has 4 aliphatic rings. The average molecular weight is 412 g/mol. The van der Waals surface area contributed by atoms with E-state index in [9.17, 15) is 9.59 Å². The molecule has 0 bridgehead atoms. The molecule has 22 heavy (non-hydrogen) atoms. The van der Waals surface area contributed by atoms with Gasteiger partial charge in [-0.25, -0.2) is 0 Å². The molecule has 0 aromatic rings. The van der Waals surface area contributed by atoms with Gasteiger partial charge in [0.15, 0.2) is 5.78 Å². The van der Waals surface area contributed by atoms with Gasteiger partial charge in [-0.1, -0.05) is 13.8 Å². The Balaban J connectivity index is 1.73. The molecule has 3 unspecified atom stereocenters. The lowest BCUT2D eigenvalue weighted by Gasteiger charge is -2.57. The molecule has 0 saturated heterocycles. The van der Waals surface area contributed by atoms with Crippen LogP contribution in [0.25, 0.3) is 0 Å². The highest BCUT2D eigenvalue weighted by Crippen LogP contribution is 2.65. The lowest BCUT2D eigenvalue weighted by atomic mass is 9.47. The number of halogens is 1. The molecule has 0 aromatic heterocycles. The predicted octanol–water partition coefficient (Wildman–Crippen LogP) is 4.85. The third kappa shape index (κ3) is 1.83. The number of carbonyl (C=O) groups is 2. The van der Waals surface area contributed by atoms with Gasteiger partial charge in [0.05, 0.1) is 3.58 Å². The second-order valence-electron chi connectivity index (χ2n) is 8.47. The Morgan fingerprint density at radius 2 is 1.64 bits per heavy atom. The molecule has 3 fully saturated rings. The van der Waals surface area contributed by atoms with Crippen molar-refractivity contribution in [3.8, 4) is 0 Å². The van der Waals surface area contributed by atoms with Gasteiger partial charge >= 0.3 is 0 Å². The van der Waals surface area contributed by atoms with E-state index >= 15 is 0 Å². The van der Waals surface area contributed by atoms with Crippen LogP contribution in [-0.2, 0) is 9.59 Å². The zero-order valence-corrected chi connectivity index (χ0v) is 15.7. The molecular formula is C19H25IO2. The van der Waals surface area contributed by atoms with Crippen LogP contribution in [0, 0.1) is 28.6 Å². The third-order valence-electron chi connectivity index (χ3n) is 7.76. The molecular weight excluding hydrogens is 387 g/mol. The zero-order chi connectivity index (χ0) is 15.7. The fourth-order valence-corrected chi connectivity index (χ4v) is 7.58. The summed E-state index contributed by atoms with van der Waals surface area (Å²) in [6.45, 7) is 4.66. The van der Waals surface area contributed by atoms with Crippen molar-refractivity contribution in [2.75, 3.05) is 0 Å². The highest BCUT2D eigenvalue weighted by molar-refractivity contribution is 14.1. The van der Waals surface area contributed by atoms with Crippen molar-refractivity contribution >= 4 is 34.2 Å². The molecule has 120 valence electrons. The number of hydrogen-bond acceptors (Lipinski definition) is 2. The number of ketones is 2. The van der Waals surface area contributed by atoms with E-state index in [1.54, 1.807) is 0 Å². The first kappa shape index (κ1) is 15.3. The van der Waals surface area contributed by atoms with Gasteiger partial charge in [-0.3, -0.25) is 9.59 Å². The lowest BCUT2D eigenvalue weighted by molar-refractivity contribution is -0.132. The van der Waals surface area contributed by atoms with E-state index in [0.717, 1.165) is 42.1 Å². The Morgan fingerprint density at radius 3 is 2.41 bits per heavy atom. The first-order valence-corrected chi connectivity index (χ1v) is 9.91. The van der Waals surface area contributed by atoms with Gasteiger partial charge in [0.25, 0.3) is 0 Å². The second kappa shape index (κ2) is 4.90. The molecule has 0 aromatic carbocycles. The summed E-state index contributed by atoms with van der Waals surface area (Å²) in [6.07, 6.45) is 8.22. The highest BCUT2D eigenvalue weighted by atomic mass is 127. The predicted molar refractivity (Wildman–Crippen MR) is 94.7 cm³/mol. The lowest BCUT2D eigenvalue weighted by Crippen LogP contribution is -2.50. The maximum atomic E-state index is 12.4. The summed E-state index contributed by atoms with van der Waals surface area (Å²) < 4.78 is 1.04. The van der Waals surface area contributed by atoms with Crippen LogP contribution >= 0.6 is 22.6 Å². The molecule has 0 amide bonds. The summed E-state index contributed by atoms with van der Waals surface area (Å²) in [4.78, 5) is 24.5. The van der Waals surface area contributed by atoms with Crippen LogP contribution in [0.1, 0.15) is 65.2 Å². The molecule has 0 N–H and O–H groups in total. The van der Waals surface area contributed by atoms with Gasteiger partial charge in [0, 0.05) is 18.3 Å². The molecule has 3 heteroatoms. The molecule has 0 radical (unpaired) electrons. The van der Waals surface area contributed by atoms with Crippen LogP contribution in [0.5, 0.6) is 0 Å². The van der Waals surface area contributed by atoms with Gasteiger partial charge in [0.1, 0.15) is 5.78 Å². The minimum atomic E-state index is -0.0314. The Kier molecular flexibility index (Phi) is 3.42. The van der Waals surface area contributed by atoms with Crippen molar-refractivity contribution in [2.24, 2.45) is 28.6 Å². The molecule has 0 spiro atoms. The van der Waals surface area contributed by atoms with Crippen LogP contribution in [0.2, 0.25) is 0 Å². The summed E-state index contributed by atoms with van der Waals surface area (Å²) in [7, 11) is 0. The molecule has 4 aliphatic carbocycles. The molecule has 5 atom stereocenters. The SMILES string of the molecule is C[C@]12CCC(=O)C(I)=C1CCC1C2CC[C@]2(C)C(=O)CCC12. The fourth-order valence-electron chi connectivity index (χ4n) is 6.42. The van der Waals surface area contributed by atoms with E-state index in [-0.39, 0.29) is 10.8 Å². The second-order valence-corrected chi connectivity index (χ2v) is 9.55. The van der Waals surface area contributed by atoms with Crippen molar-refractivity contribution in [3.63, 3.8) is 0 Å². The first-order chi connectivity index (χ1) is 10.4. The fraction of sp³-hybridized carbons (Fsp3) is 0.789. The van der Waals surface area contributed by atoms with E-state index in [1.165, 1.54) is 18.4 Å². The normalized spacial score (nSPS) is 48.0. The van der Waals surface area contributed by atoms with E-state index in [0.29, 0.717) is 29.3 Å². The number of fused-ring (bicyclic) bond motifs is 5. The van der Waals surface area contributed by atoms with Gasteiger partial charge in [0.2, 0.25) is 0 Å². The number of Topliss-reactive ketones (excluding diaryl/α,β-unsaturated/α-hetero) is 2. The van der Waals surface area contributed by atoms with Crippen LogP contribution in [0.4, 0.5) is 0 Å². The topological polar surface area (TPSA) is 34.1 Å². The van der Waals surface area contributed by atoms with Gasteiger partial charge in [-0.2, -0.15) is 0 Å². The maximum Gasteiger partial charge on any atom is 0.168 e. The minimum absolute atomic E-state index is 0.0314. The van der Waals surface area contributed by atoms with Crippen molar-refractivity contribution in [3.05, 3.63) is 9.15 Å². The Morgan fingerprint density at radius 1 is 0.909 bits per heavy atom. The van der Waals surface area contributed by atoms with Crippen molar-refractivity contribution in [1.82, 2.24) is 0 Å². The molecule has 0 heterocycles.